The van der Waals surface area contributed by atoms with E-state index in [1.165, 1.54) is 0 Å². The number of rotatable bonds is 5. The summed E-state index contributed by atoms with van der Waals surface area (Å²) in [4.78, 5) is 0. The highest BCUT2D eigenvalue weighted by Gasteiger charge is 1.97. The standard InChI is InChI=1S/C8H14N2O2/c1-7(11)2-4-9-6-8-3-5-12-10-8/h3,5,7,9,11H,2,4,6H2,1H3. The molecule has 68 valence electrons. The van der Waals surface area contributed by atoms with E-state index < -0.39 is 0 Å². The molecule has 0 aliphatic rings. The molecular formula is C8H14N2O2. The second kappa shape index (κ2) is 4.90. The summed E-state index contributed by atoms with van der Waals surface area (Å²) in [7, 11) is 0. The van der Waals surface area contributed by atoms with Crippen LogP contribution in [-0.4, -0.2) is 22.9 Å². The monoisotopic (exact) mass is 170 g/mol. The number of hydrogen-bond donors (Lipinski definition) is 2. The van der Waals surface area contributed by atoms with Crippen LogP contribution in [0.2, 0.25) is 0 Å². The van der Waals surface area contributed by atoms with Gasteiger partial charge in [-0.05, 0) is 19.9 Å². The molecule has 1 unspecified atom stereocenters. The summed E-state index contributed by atoms with van der Waals surface area (Å²) in [6.45, 7) is 3.27. The summed E-state index contributed by atoms with van der Waals surface area (Å²) in [6.07, 6.45) is 2.07. The minimum absolute atomic E-state index is 0.241. The molecule has 1 heterocycles. The van der Waals surface area contributed by atoms with Crippen molar-refractivity contribution in [1.82, 2.24) is 10.5 Å². The van der Waals surface area contributed by atoms with Crippen LogP contribution in [0, 0.1) is 0 Å². The maximum absolute atomic E-state index is 8.94. The van der Waals surface area contributed by atoms with Crippen molar-refractivity contribution in [3.05, 3.63) is 18.0 Å². The Bertz CT molecular complexity index is 197. The van der Waals surface area contributed by atoms with E-state index in [1.54, 1.807) is 13.2 Å². The van der Waals surface area contributed by atoms with Crippen LogP contribution in [0.15, 0.2) is 16.9 Å². The Labute approximate surface area is 71.6 Å². The van der Waals surface area contributed by atoms with Gasteiger partial charge in [0, 0.05) is 12.6 Å². The zero-order valence-electron chi connectivity index (χ0n) is 7.16. The zero-order valence-corrected chi connectivity index (χ0v) is 7.16. The van der Waals surface area contributed by atoms with Crippen molar-refractivity contribution in [1.29, 1.82) is 0 Å². The van der Waals surface area contributed by atoms with Gasteiger partial charge in [-0.1, -0.05) is 5.16 Å². The van der Waals surface area contributed by atoms with Crippen molar-refractivity contribution in [2.45, 2.75) is 26.0 Å². The molecule has 0 saturated carbocycles. The molecule has 1 atom stereocenters. The van der Waals surface area contributed by atoms with E-state index in [9.17, 15) is 0 Å². The fraction of sp³-hybridized carbons (Fsp3) is 0.625. The third-order valence-electron chi connectivity index (χ3n) is 1.54. The third-order valence-corrected chi connectivity index (χ3v) is 1.54. The first-order valence-corrected chi connectivity index (χ1v) is 4.07. The molecule has 0 aliphatic carbocycles. The molecule has 0 aromatic carbocycles. The van der Waals surface area contributed by atoms with Crippen molar-refractivity contribution >= 4 is 0 Å². The first kappa shape index (κ1) is 9.22. The average molecular weight is 170 g/mol. The van der Waals surface area contributed by atoms with Crippen LogP contribution < -0.4 is 5.32 Å². The lowest BCUT2D eigenvalue weighted by Gasteiger charge is -2.03. The first-order valence-electron chi connectivity index (χ1n) is 4.07. The predicted octanol–water partition coefficient (Wildman–Crippen LogP) is 0.535. The van der Waals surface area contributed by atoms with Gasteiger partial charge in [-0.2, -0.15) is 0 Å². The minimum Gasteiger partial charge on any atom is -0.393 e. The summed E-state index contributed by atoms with van der Waals surface area (Å²) in [5.41, 5.74) is 0.889. The number of nitrogens with zero attached hydrogens (tertiary/aromatic N) is 1. The summed E-state index contributed by atoms with van der Waals surface area (Å²) in [6, 6.07) is 1.81. The number of aliphatic hydroxyl groups excluding tert-OH is 1. The Morgan fingerprint density at radius 2 is 2.58 bits per heavy atom. The second-order valence-corrected chi connectivity index (χ2v) is 2.81. The molecular weight excluding hydrogens is 156 g/mol. The van der Waals surface area contributed by atoms with Gasteiger partial charge in [-0.3, -0.25) is 0 Å². The van der Waals surface area contributed by atoms with E-state index in [0.717, 1.165) is 18.7 Å². The van der Waals surface area contributed by atoms with Gasteiger partial charge in [-0.15, -0.1) is 0 Å². The Kier molecular flexibility index (Phi) is 3.76. The molecule has 0 spiro atoms. The highest BCUT2D eigenvalue weighted by molar-refractivity contribution is 4.93. The molecule has 0 aliphatic heterocycles. The van der Waals surface area contributed by atoms with Crippen LogP contribution in [0.25, 0.3) is 0 Å². The number of aromatic nitrogens is 1. The molecule has 12 heavy (non-hydrogen) atoms. The Morgan fingerprint density at radius 3 is 3.17 bits per heavy atom. The van der Waals surface area contributed by atoms with E-state index in [1.807, 2.05) is 6.07 Å². The Balaban J connectivity index is 2.04. The topological polar surface area (TPSA) is 58.3 Å². The van der Waals surface area contributed by atoms with Crippen LogP contribution in [-0.2, 0) is 6.54 Å². The Hall–Kier alpha value is -0.870. The SMILES string of the molecule is CC(O)CCNCc1ccon1. The smallest absolute Gasteiger partial charge is 0.124 e. The van der Waals surface area contributed by atoms with Crippen molar-refractivity contribution in [3.8, 4) is 0 Å². The summed E-state index contributed by atoms with van der Waals surface area (Å²) >= 11 is 0. The van der Waals surface area contributed by atoms with Gasteiger partial charge in [0.05, 0.1) is 11.8 Å². The van der Waals surface area contributed by atoms with Crippen LogP contribution >= 0.6 is 0 Å². The van der Waals surface area contributed by atoms with Gasteiger partial charge in [0.1, 0.15) is 6.26 Å². The van der Waals surface area contributed by atoms with Gasteiger partial charge in [0.15, 0.2) is 0 Å². The van der Waals surface area contributed by atoms with Crippen LogP contribution in [0.4, 0.5) is 0 Å². The molecule has 1 rings (SSSR count). The summed E-state index contributed by atoms with van der Waals surface area (Å²) < 4.78 is 4.65. The van der Waals surface area contributed by atoms with Crippen LogP contribution in [0.5, 0.6) is 0 Å². The van der Waals surface area contributed by atoms with Crippen LogP contribution in [0.3, 0.4) is 0 Å². The molecule has 4 nitrogen and oxygen atoms in total. The van der Waals surface area contributed by atoms with E-state index in [-0.39, 0.29) is 6.10 Å². The van der Waals surface area contributed by atoms with Gasteiger partial charge in [0.2, 0.25) is 0 Å². The summed E-state index contributed by atoms with van der Waals surface area (Å²) in [5.74, 6) is 0. The van der Waals surface area contributed by atoms with Crippen molar-refractivity contribution in [3.63, 3.8) is 0 Å². The Morgan fingerprint density at radius 1 is 1.75 bits per heavy atom. The molecule has 0 bridgehead atoms. The molecule has 1 aromatic heterocycles. The number of hydrogen-bond acceptors (Lipinski definition) is 4. The van der Waals surface area contributed by atoms with Gasteiger partial charge >= 0.3 is 0 Å². The zero-order chi connectivity index (χ0) is 8.81. The lowest BCUT2D eigenvalue weighted by molar-refractivity contribution is 0.183. The van der Waals surface area contributed by atoms with Gasteiger partial charge < -0.3 is 14.9 Å². The largest absolute Gasteiger partial charge is 0.393 e. The maximum atomic E-state index is 8.94. The average Bonchev–Trinajstić information content (AvgIpc) is 2.49. The highest BCUT2D eigenvalue weighted by atomic mass is 16.5. The predicted molar refractivity (Wildman–Crippen MR) is 44.5 cm³/mol. The molecule has 2 N–H and O–H groups in total. The van der Waals surface area contributed by atoms with Crippen molar-refractivity contribution < 1.29 is 9.63 Å². The van der Waals surface area contributed by atoms with Crippen LogP contribution in [0.1, 0.15) is 19.0 Å². The second-order valence-electron chi connectivity index (χ2n) is 2.81. The fourth-order valence-corrected chi connectivity index (χ4v) is 0.856. The minimum atomic E-state index is -0.241. The van der Waals surface area contributed by atoms with Crippen molar-refractivity contribution in [2.75, 3.05) is 6.54 Å². The van der Waals surface area contributed by atoms with E-state index in [0.29, 0.717) is 6.54 Å². The molecule has 0 amide bonds. The quantitative estimate of drug-likeness (QED) is 0.633. The van der Waals surface area contributed by atoms with E-state index >= 15 is 0 Å². The molecule has 4 heteroatoms. The van der Waals surface area contributed by atoms with Gasteiger partial charge in [0.25, 0.3) is 0 Å². The maximum Gasteiger partial charge on any atom is 0.124 e. The van der Waals surface area contributed by atoms with Gasteiger partial charge in [-0.25, -0.2) is 0 Å². The molecule has 0 fully saturated rings. The molecule has 1 aromatic rings. The van der Waals surface area contributed by atoms with E-state index in [4.69, 9.17) is 5.11 Å². The molecule has 0 radical (unpaired) electrons. The summed E-state index contributed by atoms with van der Waals surface area (Å²) in [5, 5.41) is 15.8. The molecule has 0 saturated heterocycles. The lowest BCUT2D eigenvalue weighted by atomic mass is 10.3. The third kappa shape index (κ3) is 3.50. The normalized spacial score (nSPS) is 13.2. The van der Waals surface area contributed by atoms with Crippen molar-refractivity contribution in [2.24, 2.45) is 0 Å². The lowest BCUT2D eigenvalue weighted by Crippen LogP contribution is -2.18. The number of nitrogens with one attached hydrogen (secondary N) is 1. The number of aliphatic hydroxyl groups is 1. The highest BCUT2D eigenvalue weighted by Crippen LogP contribution is 1.93. The fourth-order valence-electron chi connectivity index (χ4n) is 0.856. The van der Waals surface area contributed by atoms with E-state index in [2.05, 4.69) is 15.0 Å². The first-order chi connectivity index (χ1) is 5.79.